The largest absolute Gasteiger partial charge is 0.487 e. The fourth-order valence-electron chi connectivity index (χ4n) is 3.32. The first-order chi connectivity index (χ1) is 8.35. The molecule has 0 heterocycles. The van der Waals surface area contributed by atoms with Crippen molar-refractivity contribution in [2.24, 2.45) is 11.3 Å². The van der Waals surface area contributed by atoms with Crippen molar-refractivity contribution in [2.45, 2.75) is 46.1 Å². The van der Waals surface area contributed by atoms with Crippen LogP contribution in [0.3, 0.4) is 0 Å². The number of hydrogen-bond acceptors (Lipinski definition) is 1. The van der Waals surface area contributed by atoms with Crippen LogP contribution in [0.4, 0.5) is 0 Å². The molecule has 0 spiro atoms. The molecule has 0 radical (unpaired) electrons. The smallest absolute Gasteiger partial charge is 0.120 e. The maximum absolute atomic E-state index is 6.28. The second-order valence-corrected chi connectivity index (χ2v) is 6.63. The summed E-state index contributed by atoms with van der Waals surface area (Å²) < 4.78 is 6.28. The summed E-state index contributed by atoms with van der Waals surface area (Å²) in [5.41, 5.74) is 1.47. The molecule has 2 atom stereocenters. The van der Waals surface area contributed by atoms with Gasteiger partial charge in [-0.2, -0.15) is 0 Å². The van der Waals surface area contributed by atoms with E-state index in [9.17, 15) is 0 Å². The first-order valence-corrected chi connectivity index (χ1v) is 6.76. The van der Waals surface area contributed by atoms with Gasteiger partial charge < -0.3 is 4.74 Å². The Bertz CT molecular complexity index is 429. The summed E-state index contributed by atoms with van der Waals surface area (Å²) in [5, 5.41) is 0. The predicted molar refractivity (Wildman–Crippen MR) is 77.7 cm³/mol. The van der Waals surface area contributed by atoms with E-state index in [1.165, 1.54) is 6.42 Å². The maximum atomic E-state index is 6.28. The van der Waals surface area contributed by atoms with Gasteiger partial charge in [0, 0.05) is 0 Å². The Morgan fingerprint density at radius 2 is 1.83 bits per heavy atom. The molecule has 0 aromatic heterocycles. The highest BCUT2D eigenvalue weighted by Gasteiger charge is 2.47. The van der Waals surface area contributed by atoms with Crippen LogP contribution in [0.25, 0.3) is 6.08 Å². The third-order valence-corrected chi connectivity index (χ3v) is 4.20. The van der Waals surface area contributed by atoms with Crippen LogP contribution in [-0.4, -0.2) is 5.60 Å². The number of benzene rings is 1. The van der Waals surface area contributed by atoms with Gasteiger partial charge in [-0.1, -0.05) is 45.6 Å². The molecule has 1 fully saturated rings. The quantitative estimate of drug-likeness (QED) is 0.733. The lowest BCUT2D eigenvalue weighted by atomic mass is 9.90. The van der Waals surface area contributed by atoms with E-state index < -0.39 is 0 Å². The Morgan fingerprint density at radius 3 is 2.28 bits per heavy atom. The summed E-state index contributed by atoms with van der Waals surface area (Å²) >= 11 is 0. The van der Waals surface area contributed by atoms with Crippen LogP contribution >= 0.6 is 0 Å². The van der Waals surface area contributed by atoms with Gasteiger partial charge in [0.05, 0.1) is 0 Å². The lowest BCUT2D eigenvalue weighted by Gasteiger charge is -2.31. The predicted octanol–water partition coefficient (Wildman–Crippen LogP) is 4.92. The molecule has 1 aromatic rings. The molecule has 2 unspecified atom stereocenters. The average molecular weight is 244 g/mol. The molecule has 0 aliphatic heterocycles. The van der Waals surface area contributed by atoms with Crippen LogP contribution in [0.2, 0.25) is 0 Å². The van der Waals surface area contributed by atoms with E-state index in [0.717, 1.165) is 17.7 Å². The molecule has 1 nitrogen and oxygen atoms in total. The van der Waals surface area contributed by atoms with Crippen LogP contribution in [0, 0.1) is 11.3 Å². The molecule has 1 saturated carbocycles. The highest BCUT2D eigenvalue weighted by atomic mass is 16.5. The van der Waals surface area contributed by atoms with Gasteiger partial charge in [0.25, 0.3) is 0 Å². The summed E-state index contributed by atoms with van der Waals surface area (Å²) in [6.07, 6.45) is 4.20. The number of rotatable bonds is 3. The van der Waals surface area contributed by atoms with Gasteiger partial charge in [-0.05, 0) is 48.8 Å². The van der Waals surface area contributed by atoms with Gasteiger partial charge >= 0.3 is 0 Å². The fourth-order valence-corrected chi connectivity index (χ4v) is 3.32. The second-order valence-electron chi connectivity index (χ2n) is 6.63. The van der Waals surface area contributed by atoms with Crippen molar-refractivity contribution in [3.63, 3.8) is 0 Å². The molecule has 2 rings (SSSR count). The summed E-state index contributed by atoms with van der Waals surface area (Å²) in [6.45, 7) is 13.0. The minimum Gasteiger partial charge on any atom is -0.487 e. The molecule has 1 aromatic carbocycles. The maximum Gasteiger partial charge on any atom is 0.120 e. The van der Waals surface area contributed by atoms with Crippen LogP contribution in [0.1, 0.15) is 46.1 Å². The van der Waals surface area contributed by atoms with Crippen molar-refractivity contribution in [1.29, 1.82) is 0 Å². The second kappa shape index (κ2) is 4.46. The zero-order valence-corrected chi connectivity index (χ0v) is 12.0. The first-order valence-electron chi connectivity index (χ1n) is 6.76. The van der Waals surface area contributed by atoms with Crippen LogP contribution in [-0.2, 0) is 0 Å². The Balaban J connectivity index is 2.15. The fraction of sp³-hybridized carbons (Fsp3) is 0.529. The minimum atomic E-state index is -0.0425. The molecule has 0 bridgehead atoms. The topological polar surface area (TPSA) is 9.23 Å². The van der Waals surface area contributed by atoms with Crippen molar-refractivity contribution in [3.8, 4) is 5.75 Å². The SMILES string of the molecule is C=Cc1ccc(OC2(C)CC(C)(C)CC2C)cc1. The molecule has 18 heavy (non-hydrogen) atoms. The van der Waals surface area contributed by atoms with E-state index in [2.05, 4.69) is 46.4 Å². The molecule has 1 heteroatoms. The first kappa shape index (κ1) is 13.2. The third-order valence-electron chi connectivity index (χ3n) is 4.20. The average Bonchev–Trinajstić information content (AvgIpc) is 2.48. The Morgan fingerprint density at radius 1 is 1.22 bits per heavy atom. The van der Waals surface area contributed by atoms with Gasteiger partial charge in [-0.25, -0.2) is 0 Å². The zero-order chi connectivity index (χ0) is 13.4. The van der Waals surface area contributed by atoms with Gasteiger partial charge in [-0.15, -0.1) is 0 Å². The van der Waals surface area contributed by atoms with Crippen molar-refractivity contribution in [2.75, 3.05) is 0 Å². The van der Waals surface area contributed by atoms with E-state index in [4.69, 9.17) is 4.74 Å². The van der Waals surface area contributed by atoms with Gasteiger partial charge in [-0.3, -0.25) is 0 Å². The van der Waals surface area contributed by atoms with Crippen molar-refractivity contribution in [1.82, 2.24) is 0 Å². The van der Waals surface area contributed by atoms with Crippen molar-refractivity contribution < 1.29 is 4.74 Å². The molecular formula is C17H24O. The minimum absolute atomic E-state index is 0.0425. The molecular weight excluding hydrogens is 220 g/mol. The zero-order valence-electron chi connectivity index (χ0n) is 12.0. The van der Waals surface area contributed by atoms with E-state index >= 15 is 0 Å². The monoisotopic (exact) mass is 244 g/mol. The summed E-state index contributed by atoms with van der Waals surface area (Å²) in [7, 11) is 0. The number of hydrogen-bond donors (Lipinski definition) is 0. The van der Waals surface area contributed by atoms with E-state index in [0.29, 0.717) is 11.3 Å². The highest BCUT2D eigenvalue weighted by Crippen LogP contribution is 2.49. The van der Waals surface area contributed by atoms with Gasteiger partial charge in [0.1, 0.15) is 11.4 Å². The van der Waals surface area contributed by atoms with E-state index in [1.807, 2.05) is 18.2 Å². The molecule has 1 aliphatic carbocycles. The highest BCUT2D eigenvalue weighted by molar-refractivity contribution is 5.48. The van der Waals surface area contributed by atoms with E-state index in [1.54, 1.807) is 0 Å². The normalized spacial score (nSPS) is 30.1. The lowest BCUT2D eigenvalue weighted by Crippen LogP contribution is -2.35. The molecule has 0 N–H and O–H groups in total. The number of ether oxygens (including phenoxy) is 1. The summed E-state index contributed by atoms with van der Waals surface area (Å²) in [6, 6.07) is 8.19. The third kappa shape index (κ3) is 2.60. The summed E-state index contributed by atoms with van der Waals surface area (Å²) in [5.74, 6) is 1.55. The molecule has 98 valence electrons. The Kier molecular flexibility index (Phi) is 3.27. The Labute approximate surface area is 111 Å². The van der Waals surface area contributed by atoms with Gasteiger partial charge in [0.2, 0.25) is 0 Å². The van der Waals surface area contributed by atoms with Crippen molar-refractivity contribution in [3.05, 3.63) is 36.4 Å². The van der Waals surface area contributed by atoms with Crippen LogP contribution in [0.15, 0.2) is 30.8 Å². The van der Waals surface area contributed by atoms with Crippen molar-refractivity contribution >= 4 is 6.08 Å². The molecule has 0 amide bonds. The van der Waals surface area contributed by atoms with Crippen LogP contribution < -0.4 is 4.74 Å². The lowest BCUT2D eigenvalue weighted by molar-refractivity contribution is 0.0504. The standard InChI is InChI=1S/C17H24O/c1-6-14-7-9-15(10-8-14)18-17(5)12-16(3,4)11-13(17)2/h6-10,13H,1,11-12H2,2-5H3. The van der Waals surface area contributed by atoms with Crippen LogP contribution in [0.5, 0.6) is 5.75 Å². The van der Waals surface area contributed by atoms with Gasteiger partial charge in [0.15, 0.2) is 0 Å². The molecule has 0 saturated heterocycles. The summed E-state index contributed by atoms with van der Waals surface area (Å²) in [4.78, 5) is 0. The molecule has 1 aliphatic rings. The van der Waals surface area contributed by atoms with E-state index in [-0.39, 0.29) is 5.60 Å². The Hall–Kier alpha value is -1.24.